The minimum atomic E-state index is -5.64. The number of halogens is 4. The molecule has 0 spiro atoms. The molecule has 0 radical (unpaired) electrons. The van der Waals surface area contributed by atoms with E-state index >= 15 is 0 Å². The van der Waals surface area contributed by atoms with Crippen LogP contribution in [-0.4, -0.2) is 113 Å². The first-order valence-electron chi connectivity index (χ1n) is 14.7. The van der Waals surface area contributed by atoms with Crippen LogP contribution in [0.1, 0.15) is 32.1 Å². The van der Waals surface area contributed by atoms with Crippen molar-refractivity contribution in [3.05, 3.63) is 23.3 Å². The van der Waals surface area contributed by atoms with Gasteiger partial charge in [-0.3, -0.25) is 14.1 Å². The summed E-state index contributed by atoms with van der Waals surface area (Å²) in [6.45, 7) is 1.67. The van der Waals surface area contributed by atoms with Crippen LogP contribution in [0.3, 0.4) is 0 Å². The van der Waals surface area contributed by atoms with Crippen molar-refractivity contribution in [2.24, 2.45) is 0 Å². The fraction of sp³-hybridized carbons (Fsp3) is 0.667. The zero-order valence-corrected chi connectivity index (χ0v) is 26.8. The van der Waals surface area contributed by atoms with Gasteiger partial charge in [0.05, 0.1) is 71.4 Å². The van der Waals surface area contributed by atoms with E-state index in [2.05, 4.69) is 20.7 Å². The first kappa shape index (κ1) is 38.7. The number of benzene rings is 1. The summed E-state index contributed by atoms with van der Waals surface area (Å²) in [7, 11) is -5.64. The average molecular weight is 720 g/mol. The van der Waals surface area contributed by atoms with E-state index in [4.69, 9.17) is 23.5 Å². The third-order valence-corrected chi connectivity index (χ3v) is 9.26. The van der Waals surface area contributed by atoms with Crippen molar-refractivity contribution in [2.45, 2.75) is 54.3 Å². The number of amides is 3. The molecule has 3 atom stereocenters. The maximum absolute atomic E-state index is 13.9. The maximum Gasteiger partial charge on any atom is 0.315 e. The smallest absolute Gasteiger partial charge is 0.315 e. The summed E-state index contributed by atoms with van der Waals surface area (Å²) in [5.74, 6) is -11.8. The molecule has 2 saturated heterocycles. The summed E-state index contributed by atoms with van der Waals surface area (Å²) >= 11 is 1.85. The SMILES string of the molecule is O=C(CCCC[C@@H]1SC[C@@H]2NC(=O)N[C@@H]21)NCCOCCOCCOCCOCCC(=O)Oc1c(F)c(F)c(S(=O)(=O)O)c(F)c1F. The van der Waals surface area contributed by atoms with Gasteiger partial charge in [-0.15, -0.1) is 0 Å². The second-order valence-corrected chi connectivity index (χ2v) is 12.9. The number of unbranched alkanes of at least 4 members (excludes halogenated alkanes) is 1. The summed E-state index contributed by atoms with van der Waals surface area (Å²) in [6, 6.07) is 0.270. The first-order chi connectivity index (χ1) is 22.4. The molecule has 0 bridgehead atoms. The number of esters is 1. The number of rotatable bonds is 22. The number of nitrogens with one attached hydrogen (secondary N) is 3. The molecule has 2 aliphatic heterocycles. The third kappa shape index (κ3) is 12.3. The van der Waals surface area contributed by atoms with Crippen LogP contribution in [0.15, 0.2) is 4.90 Å². The number of ether oxygens (including phenoxy) is 5. The summed E-state index contributed by atoms with van der Waals surface area (Å²) < 4.78 is 111. The monoisotopic (exact) mass is 719 g/mol. The van der Waals surface area contributed by atoms with Gasteiger partial charge in [-0.05, 0) is 12.8 Å². The molecule has 1 aromatic carbocycles. The van der Waals surface area contributed by atoms with Crippen molar-refractivity contribution in [3.8, 4) is 5.75 Å². The highest BCUT2D eigenvalue weighted by Crippen LogP contribution is 2.34. The normalized spacial score (nSPS) is 18.9. The number of fused-ring (bicyclic) bond motifs is 1. The van der Waals surface area contributed by atoms with Gasteiger partial charge < -0.3 is 39.6 Å². The highest BCUT2D eigenvalue weighted by atomic mass is 32.2. The van der Waals surface area contributed by atoms with E-state index in [-0.39, 0.29) is 57.1 Å². The Bertz CT molecular complexity index is 1310. The second-order valence-electron chi connectivity index (χ2n) is 10.3. The summed E-state index contributed by atoms with van der Waals surface area (Å²) in [4.78, 5) is 32.9. The Morgan fingerprint density at radius 2 is 1.40 bits per heavy atom. The van der Waals surface area contributed by atoms with Crippen molar-refractivity contribution in [2.75, 3.05) is 65.2 Å². The van der Waals surface area contributed by atoms with E-state index in [0.29, 0.717) is 38.0 Å². The molecule has 1 aromatic rings. The molecule has 2 heterocycles. The van der Waals surface area contributed by atoms with E-state index in [1.54, 1.807) is 0 Å². The number of thioether (sulfide) groups is 1. The van der Waals surface area contributed by atoms with E-state index in [0.717, 1.165) is 25.0 Å². The van der Waals surface area contributed by atoms with Crippen LogP contribution in [-0.2, 0) is 38.7 Å². The minimum Gasteiger partial charge on any atom is -0.420 e. The van der Waals surface area contributed by atoms with Gasteiger partial charge in [0.25, 0.3) is 0 Å². The Balaban J connectivity index is 1.09. The third-order valence-electron chi connectivity index (χ3n) is 6.87. The number of carbonyl (C=O) groups is 3. The standard InChI is InChI=1S/C27H37F4N3O11S2/c28-20-22(30)26(47(38,39)40)23(31)21(29)25(20)45-19(36)5-7-41-9-11-43-13-14-44-12-10-42-8-6-32-18(35)4-2-1-3-17-24-16(15-46-17)33-27(37)34-24/h16-17,24H,1-15H2,(H,32,35)(H2,33,34,37)(H,38,39,40)/t16-,17-,24-/m0/s1. The molecule has 4 N–H and O–H groups in total. The van der Waals surface area contributed by atoms with Crippen molar-refractivity contribution >= 4 is 39.8 Å². The topological polar surface area (TPSA) is 188 Å². The first-order valence-corrected chi connectivity index (χ1v) is 17.2. The summed E-state index contributed by atoms with van der Waals surface area (Å²) in [5, 5.41) is 9.06. The average Bonchev–Trinajstić information content (AvgIpc) is 3.56. The van der Waals surface area contributed by atoms with Gasteiger partial charge in [-0.25, -0.2) is 13.6 Å². The molecule has 3 rings (SSSR count). The Kier molecular flexibility index (Phi) is 15.9. The molecule has 14 nitrogen and oxygen atoms in total. The fourth-order valence-electron chi connectivity index (χ4n) is 4.61. The van der Waals surface area contributed by atoms with Gasteiger partial charge in [0.1, 0.15) is 0 Å². The van der Waals surface area contributed by atoms with Crippen LogP contribution >= 0.6 is 11.8 Å². The number of urea groups is 1. The number of hydrogen-bond donors (Lipinski definition) is 4. The molecule has 0 aliphatic carbocycles. The lowest BCUT2D eigenvalue weighted by molar-refractivity contribution is -0.136. The van der Waals surface area contributed by atoms with Crippen molar-refractivity contribution in [1.82, 2.24) is 16.0 Å². The Labute approximate surface area is 272 Å². The van der Waals surface area contributed by atoms with Gasteiger partial charge in [0.2, 0.25) is 23.3 Å². The summed E-state index contributed by atoms with van der Waals surface area (Å²) in [5.41, 5.74) is 0. The number of hydrogen-bond acceptors (Lipinski definition) is 11. The van der Waals surface area contributed by atoms with Crippen molar-refractivity contribution in [3.63, 3.8) is 0 Å². The van der Waals surface area contributed by atoms with Crippen LogP contribution < -0.4 is 20.7 Å². The number of carbonyl (C=O) groups excluding carboxylic acids is 3. The molecular formula is C27H37F4N3O11S2. The molecule has 0 aromatic heterocycles. The zero-order valence-electron chi connectivity index (χ0n) is 25.2. The van der Waals surface area contributed by atoms with Crippen LogP contribution in [0, 0.1) is 23.3 Å². The summed E-state index contributed by atoms with van der Waals surface area (Å²) in [6.07, 6.45) is 2.50. The molecule has 2 fully saturated rings. The predicted molar refractivity (Wildman–Crippen MR) is 157 cm³/mol. The van der Waals surface area contributed by atoms with Gasteiger partial charge in [-0.1, -0.05) is 6.42 Å². The lowest BCUT2D eigenvalue weighted by atomic mass is 10.0. The lowest BCUT2D eigenvalue weighted by Crippen LogP contribution is -2.36. The minimum absolute atomic E-state index is 0.0228. The fourth-order valence-corrected chi connectivity index (χ4v) is 6.79. The second kappa shape index (κ2) is 19.3. The molecule has 266 valence electrons. The molecular weight excluding hydrogens is 682 g/mol. The van der Waals surface area contributed by atoms with E-state index < -0.39 is 56.4 Å². The van der Waals surface area contributed by atoms with E-state index in [1.807, 2.05) is 11.8 Å². The highest BCUT2D eigenvalue weighted by molar-refractivity contribution is 8.00. The predicted octanol–water partition coefficient (Wildman–Crippen LogP) is 1.69. The Hall–Kier alpha value is -2.75. The van der Waals surface area contributed by atoms with Gasteiger partial charge in [-0.2, -0.15) is 29.0 Å². The van der Waals surface area contributed by atoms with Crippen LogP contribution in [0.25, 0.3) is 0 Å². The quantitative estimate of drug-likeness (QED) is 0.0259. The molecule has 3 amide bonds. The van der Waals surface area contributed by atoms with Gasteiger partial charge >= 0.3 is 22.1 Å². The lowest BCUT2D eigenvalue weighted by Gasteiger charge is -2.16. The van der Waals surface area contributed by atoms with Crippen molar-refractivity contribution < 1.29 is 68.6 Å². The molecule has 2 aliphatic rings. The zero-order chi connectivity index (χ0) is 34.4. The van der Waals surface area contributed by atoms with Gasteiger partial charge in [0, 0.05) is 24.0 Å². The molecule has 47 heavy (non-hydrogen) atoms. The van der Waals surface area contributed by atoms with Crippen LogP contribution in [0.5, 0.6) is 5.75 Å². The van der Waals surface area contributed by atoms with Crippen LogP contribution in [0.2, 0.25) is 0 Å². The van der Waals surface area contributed by atoms with Crippen molar-refractivity contribution in [1.29, 1.82) is 0 Å². The van der Waals surface area contributed by atoms with Crippen LogP contribution in [0.4, 0.5) is 22.4 Å². The largest absolute Gasteiger partial charge is 0.420 e. The Morgan fingerprint density at radius 1 is 0.830 bits per heavy atom. The van der Waals surface area contributed by atoms with Gasteiger partial charge in [0.15, 0.2) is 16.5 Å². The highest BCUT2D eigenvalue weighted by Gasteiger charge is 2.42. The molecule has 0 unspecified atom stereocenters. The van der Waals surface area contributed by atoms with E-state index in [1.165, 1.54) is 0 Å². The molecule has 20 heteroatoms. The maximum atomic E-state index is 13.9. The Morgan fingerprint density at radius 3 is 2.00 bits per heavy atom. The van der Waals surface area contributed by atoms with E-state index in [9.17, 15) is 40.4 Å². The molecule has 0 saturated carbocycles.